The van der Waals surface area contributed by atoms with Gasteiger partial charge in [-0.2, -0.15) is 0 Å². The standard InChI is InChI=1S/C35H25.C10H11N2.Fe/c1-6-16-26(17-7-1)31-32(27-18-8-2-9-19-27)34(29-22-12-4-13-23-29)35(30-24-14-5-15-25-30)33(31)28-20-10-3-11-21-28;1-12(2)10-6-7-11-9-5-3-4-8(9)10;/h1-25H;3-7H,1-2H3;. The molecule has 1 aliphatic heterocycles. The number of hydrogen-bond acceptors (Lipinski definition) is 1. The van der Waals surface area contributed by atoms with Crippen LogP contribution in [0.1, 0.15) is 27.8 Å². The van der Waals surface area contributed by atoms with Gasteiger partial charge in [0, 0.05) is 48.6 Å². The van der Waals surface area contributed by atoms with E-state index in [1.54, 1.807) is 0 Å². The van der Waals surface area contributed by atoms with E-state index >= 15 is 0 Å². The van der Waals surface area contributed by atoms with Crippen LogP contribution in [0.5, 0.6) is 0 Å². The van der Waals surface area contributed by atoms with Gasteiger partial charge < -0.3 is 4.90 Å². The fourth-order valence-corrected chi connectivity index (χ4v) is 6.50. The Morgan fingerprint density at radius 3 is 1.21 bits per heavy atom. The van der Waals surface area contributed by atoms with Gasteiger partial charge in [0.1, 0.15) is 0 Å². The summed E-state index contributed by atoms with van der Waals surface area (Å²) in [5.74, 6) is 1.28. The second kappa shape index (κ2) is 15.0. The fraction of sp³-hybridized carbons (Fsp3) is 0.0444. The van der Waals surface area contributed by atoms with Crippen molar-refractivity contribution in [3.05, 3.63) is 233 Å². The zero-order valence-electron chi connectivity index (χ0n) is 27.1. The predicted octanol–water partition coefficient (Wildman–Crippen LogP) is 10.2. The average molecular weight is 661 g/mol. The van der Waals surface area contributed by atoms with Crippen LogP contribution in [-0.2, 0) is 17.1 Å². The molecule has 5 aromatic carbocycles. The van der Waals surface area contributed by atoms with E-state index < -0.39 is 0 Å². The number of nitrogens with zero attached hydrogens (tertiary/aromatic N) is 2. The summed E-state index contributed by atoms with van der Waals surface area (Å²) < 4.78 is 0. The molecule has 0 N–H and O–H groups in total. The molecule has 0 spiro atoms. The van der Waals surface area contributed by atoms with E-state index in [-0.39, 0.29) is 17.1 Å². The SMILES string of the molecule is CN(C)C1=C2C=CC=C2[N]C=C1.[Fe].c1ccc([C]2C(c3ccccc3)=C(c3ccccc3)C(c3ccccc3)=C2c2ccccc2)cc1. The monoisotopic (exact) mass is 660 g/mol. The van der Waals surface area contributed by atoms with Crippen molar-refractivity contribution in [2.45, 2.75) is 0 Å². The van der Waals surface area contributed by atoms with Crippen molar-refractivity contribution >= 4 is 22.3 Å². The second-order valence-electron chi connectivity index (χ2n) is 11.8. The average Bonchev–Trinajstić information content (AvgIpc) is 3.77. The van der Waals surface area contributed by atoms with Crippen molar-refractivity contribution in [3.8, 4) is 0 Å². The molecule has 3 aliphatic rings. The van der Waals surface area contributed by atoms with Gasteiger partial charge in [-0.05, 0) is 62.3 Å². The predicted molar refractivity (Wildman–Crippen MR) is 197 cm³/mol. The van der Waals surface area contributed by atoms with E-state index in [0.29, 0.717) is 0 Å². The first kappa shape index (κ1) is 32.6. The molecule has 8 rings (SSSR count). The van der Waals surface area contributed by atoms with Crippen molar-refractivity contribution in [1.29, 1.82) is 0 Å². The Morgan fingerprint density at radius 2 is 0.812 bits per heavy atom. The molecular weight excluding hydrogens is 624 g/mol. The molecule has 0 saturated heterocycles. The third-order valence-corrected chi connectivity index (χ3v) is 8.56. The number of allylic oxidation sites excluding steroid dienone is 8. The van der Waals surface area contributed by atoms with Crippen LogP contribution in [0.15, 0.2) is 199 Å². The number of benzene rings is 5. The molecule has 2 radical (unpaired) electrons. The first-order valence-electron chi connectivity index (χ1n) is 16.0. The molecule has 0 atom stereocenters. The van der Waals surface area contributed by atoms with Crippen LogP contribution in [0.3, 0.4) is 0 Å². The Kier molecular flexibility index (Phi) is 10.2. The van der Waals surface area contributed by atoms with Crippen LogP contribution in [0, 0.1) is 5.92 Å². The van der Waals surface area contributed by atoms with Crippen LogP contribution in [0.2, 0.25) is 0 Å². The van der Waals surface area contributed by atoms with E-state index in [1.165, 1.54) is 67.3 Å². The fourth-order valence-electron chi connectivity index (χ4n) is 6.50. The summed E-state index contributed by atoms with van der Waals surface area (Å²) in [4.78, 5) is 2.10. The molecule has 2 nitrogen and oxygen atoms in total. The van der Waals surface area contributed by atoms with Gasteiger partial charge in [-0.15, -0.1) is 0 Å². The Hall–Kier alpha value is -5.34. The summed E-state index contributed by atoms with van der Waals surface area (Å²) in [6.45, 7) is 0. The maximum absolute atomic E-state index is 4.26. The normalized spacial score (nSPS) is 14.9. The van der Waals surface area contributed by atoms with Crippen LogP contribution in [-0.4, -0.2) is 19.0 Å². The number of fused-ring (bicyclic) bond motifs is 1. The third-order valence-electron chi connectivity index (χ3n) is 8.56. The summed E-state index contributed by atoms with van der Waals surface area (Å²) in [7, 11) is 4.09. The van der Waals surface area contributed by atoms with Crippen molar-refractivity contribution in [1.82, 2.24) is 10.2 Å². The smallest absolute Gasteiger partial charge is 0.0722 e. The van der Waals surface area contributed by atoms with Crippen LogP contribution in [0.4, 0.5) is 0 Å². The maximum Gasteiger partial charge on any atom is 0.0722 e. The Bertz CT molecular complexity index is 1940. The van der Waals surface area contributed by atoms with Crippen molar-refractivity contribution in [2.24, 2.45) is 0 Å². The molecule has 234 valence electrons. The van der Waals surface area contributed by atoms with Gasteiger partial charge in [0.25, 0.3) is 0 Å². The number of hydrogen-bond donors (Lipinski definition) is 0. The topological polar surface area (TPSA) is 17.3 Å². The molecule has 0 unspecified atom stereocenters. The van der Waals surface area contributed by atoms with Crippen molar-refractivity contribution < 1.29 is 17.1 Å². The molecule has 0 bridgehead atoms. The molecular formula is C45H36FeN2. The minimum absolute atomic E-state index is 0. The van der Waals surface area contributed by atoms with Gasteiger partial charge in [0.2, 0.25) is 0 Å². The number of rotatable bonds is 6. The Balaban J connectivity index is 0.000000260. The zero-order chi connectivity index (χ0) is 32.0. The maximum atomic E-state index is 4.26. The van der Waals surface area contributed by atoms with E-state index in [2.05, 4.69) is 168 Å². The summed E-state index contributed by atoms with van der Waals surface area (Å²) in [5.41, 5.74) is 14.8. The summed E-state index contributed by atoms with van der Waals surface area (Å²) in [6, 6.07) is 54.1. The molecule has 48 heavy (non-hydrogen) atoms. The molecule has 1 heterocycles. The minimum Gasteiger partial charge on any atom is -0.377 e. The second-order valence-corrected chi connectivity index (χ2v) is 11.8. The quantitative estimate of drug-likeness (QED) is 0.166. The van der Waals surface area contributed by atoms with Crippen LogP contribution in [0.25, 0.3) is 22.3 Å². The van der Waals surface area contributed by atoms with E-state index in [0.717, 1.165) is 5.70 Å². The first-order chi connectivity index (χ1) is 23.2. The molecule has 0 fully saturated rings. The Morgan fingerprint density at radius 1 is 0.438 bits per heavy atom. The van der Waals surface area contributed by atoms with E-state index in [9.17, 15) is 0 Å². The first-order valence-corrected chi connectivity index (χ1v) is 16.0. The van der Waals surface area contributed by atoms with Gasteiger partial charge in [-0.1, -0.05) is 164 Å². The zero-order valence-corrected chi connectivity index (χ0v) is 28.2. The summed E-state index contributed by atoms with van der Waals surface area (Å²) >= 11 is 0. The van der Waals surface area contributed by atoms with E-state index in [1.807, 2.05) is 38.5 Å². The van der Waals surface area contributed by atoms with E-state index in [4.69, 9.17) is 0 Å². The molecule has 0 aromatic heterocycles. The number of likely N-dealkylation sites (N-methyl/N-ethyl adjacent to an activating group) is 1. The van der Waals surface area contributed by atoms with Crippen molar-refractivity contribution in [2.75, 3.05) is 14.1 Å². The molecule has 0 saturated carbocycles. The molecule has 2 aliphatic carbocycles. The molecule has 0 amide bonds. The van der Waals surface area contributed by atoms with Crippen LogP contribution >= 0.6 is 0 Å². The molecule has 3 heteroatoms. The largest absolute Gasteiger partial charge is 0.377 e. The van der Waals surface area contributed by atoms with Gasteiger partial charge in [0.05, 0.1) is 11.6 Å². The summed E-state index contributed by atoms with van der Waals surface area (Å²) in [5, 5.41) is 4.26. The van der Waals surface area contributed by atoms with Crippen molar-refractivity contribution in [3.63, 3.8) is 0 Å². The van der Waals surface area contributed by atoms with Gasteiger partial charge in [-0.3, -0.25) is 5.32 Å². The minimum atomic E-state index is 0. The Labute approximate surface area is 295 Å². The van der Waals surface area contributed by atoms with Gasteiger partial charge in [-0.25, -0.2) is 0 Å². The molecule has 5 aromatic rings. The van der Waals surface area contributed by atoms with Crippen LogP contribution < -0.4 is 5.32 Å². The van der Waals surface area contributed by atoms with Gasteiger partial charge in [0.15, 0.2) is 0 Å². The summed E-state index contributed by atoms with van der Waals surface area (Å²) in [6.07, 6.45) is 10.0. The third kappa shape index (κ3) is 6.57. The van der Waals surface area contributed by atoms with Gasteiger partial charge >= 0.3 is 0 Å².